The van der Waals surface area contributed by atoms with Gasteiger partial charge in [-0.2, -0.15) is 0 Å². The largest absolute Gasteiger partial charge is 0.264 e. The molecule has 1 heteroatoms. The summed E-state index contributed by atoms with van der Waals surface area (Å²) in [4.78, 5) is 3.92. The van der Waals surface area contributed by atoms with Crippen molar-refractivity contribution in [1.29, 1.82) is 0 Å². The van der Waals surface area contributed by atoms with Crippen LogP contribution in [0.3, 0.4) is 0 Å². The van der Waals surface area contributed by atoms with E-state index in [-0.39, 0.29) is 0 Å². The zero-order chi connectivity index (χ0) is 8.43. The van der Waals surface area contributed by atoms with Gasteiger partial charge >= 0.3 is 0 Å². The predicted octanol–water partition coefficient (Wildman–Crippen LogP) is 2.94. The first-order valence-corrected chi connectivity index (χ1v) is 3.69. The van der Waals surface area contributed by atoms with Gasteiger partial charge in [-0.05, 0) is 50.2 Å². The summed E-state index contributed by atoms with van der Waals surface area (Å²) in [5.74, 6) is 0. The first-order chi connectivity index (χ1) is 5.15. The summed E-state index contributed by atoms with van der Waals surface area (Å²) in [6.45, 7) is 9.76. The van der Waals surface area contributed by atoms with Crippen LogP contribution in [0.15, 0.2) is 17.1 Å². The van der Waals surface area contributed by atoms with Crippen molar-refractivity contribution in [2.75, 3.05) is 0 Å². The van der Waals surface area contributed by atoms with E-state index < -0.39 is 0 Å². The molecule has 0 aliphatic carbocycles. The van der Waals surface area contributed by atoms with Crippen molar-refractivity contribution in [1.82, 2.24) is 0 Å². The quantitative estimate of drug-likeness (QED) is 0.541. The summed E-state index contributed by atoms with van der Waals surface area (Å²) in [7, 11) is 0. The first-order valence-electron chi connectivity index (χ1n) is 3.69. The smallest absolute Gasteiger partial charge is 0.0654 e. The molecule has 0 heterocycles. The second-order valence-electron chi connectivity index (χ2n) is 2.88. The molecule has 1 aromatic rings. The summed E-state index contributed by atoms with van der Waals surface area (Å²) in [6, 6.07) is 4.21. The highest BCUT2D eigenvalue weighted by Gasteiger charge is 1.97. The minimum absolute atomic E-state index is 0.994. The van der Waals surface area contributed by atoms with E-state index in [0.29, 0.717) is 0 Å². The lowest BCUT2D eigenvalue weighted by Gasteiger charge is -2.04. The molecule has 0 bridgehead atoms. The van der Waals surface area contributed by atoms with Crippen LogP contribution in [0, 0.1) is 20.8 Å². The van der Waals surface area contributed by atoms with Gasteiger partial charge in [0.1, 0.15) is 0 Å². The molecule has 58 valence electrons. The van der Waals surface area contributed by atoms with E-state index in [1.807, 2.05) is 0 Å². The second kappa shape index (κ2) is 2.87. The fourth-order valence-corrected chi connectivity index (χ4v) is 1.12. The maximum Gasteiger partial charge on any atom is 0.0654 e. The van der Waals surface area contributed by atoms with Crippen molar-refractivity contribution in [2.45, 2.75) is 20.8 Å². The summed E-state index contributed by atoms with van der Waals surface area (Å²) >= 11 is 0. The molecule has 0 radical (unpaired) electrons. The first kappa shape index (κ1) is 7.99. The van der Waals surface area contributed by atoms with E-state index in [1.54, 1.807) is 0 Å². The molecule has 0 atom stereocenters. The predicted molar refractivity (Wildman–Crippen MR) is 49.9 cm³/mol. The third-order valence-corrected chi connectivity index (χ3v) is 1.98. The summed E-state index contributed by atoms with van der Waals surface area (Å²) in [5, 5.41) is 0. The Morgan fingerprint density at radius 3 is 2.09 bits per heavy atom. The van der Waals surface area contributed by atoms with Crippen LogP contribution in [0.25, 0.3) is 0 Å². The minimum Gasteiger partial charge on any atom is -0.264 e. The lowest BCUT2D eigenvalue weighted by molar-refractivity contribution is 1.28. The Balaban J connectivity index is 3.31. The van der Waals surface area contributed by atoms with Crippen molar-refractivity contribution in [3.63, 3.8) is 0 Å². The molecule has 0 aromatic heterocycles. The van der Waals surface area contributed by atoms with Crippen LogP contribution in [0.1, 0.15) is 16.7 Å². The third-order valence-electron chi connectivity index (χ3n) is 1.98. The van der Waals surface area contributed by atoms with Crippen LogP contribution in [0.5, 0.6) is 0 Å². The standard InChI is InChI=1S/C10H13N/c1-7-5-9(3)10(11-4)6-8(7)2/h5-6H,4H2,1-3H3. The summed E-state index contributed by atoms with van der Waals surface area (Å²) in [5.41, 5.74) is 4.78. The Kier molecular flexibility index (Phi) is 2.08. The zero-order valence-electron chi connectivity index (χ0n) is 7.31. The number of hydrogen-bond acceptors (Lipinski definition) is 1. The Hall–Kier alpha value is -1.11. The van der Waals surface area contributed by atoms with Crippen LogP contribution < -0.4 is 0 Å². The van der Waals surface area contributed by atoms with E-state index in [0.717, 1.165) is 5.69 Å². The molecule has 1 nitrogen and oxygen atoms in total. The SMILES string of the molecule is C=Nc1cc(C)c(C)cc1C. The molecular weight excluding hydrogens is 134 g/mol. The van der Waals surface area contributed by atoms with Crippen molar-refractivity contribution < 1.29 is 0 Å². The maximum atomic E-state index is 3.92. The molecular formula is C10H13N. The van der Waals surface area contributed by atoms with Crippen LogP contribution >= 0.6 is 0 Å². The van der Waals surface area contributed by atoms with Gasteiger partial charge in [-0.15, -0.1) is 0 Å². The molecule has 1 rings (SSSR count). The van der Waals surface area contributed by atoms with Gasteiger partial charge in [0.15, 0.2) is 0 Å². The molecule has 0 aliphatic heterocycles. The molecule has 0 amide bonds. The normalized spacial score (nSPS) is 9.73. The van der Waals surface area contributed by atoms with Crippen LogP contribution in [0.4, 0.5) is 5.69 Å². The topological polar surface area (TPSA) is 12.4 Å². The van der Waals surface area contributed by atoms with Gasteiger partial charge in [0.05, 0.1) is 5.69 Å². The van der Waals surface area contributed by atoms with Gasteiger partial charge in [-0.25, -0.2) is 0 Å². The summed E-state index contributed by atoms with van der Waals surface area (Å²) < 4.78 is 0. The fourth-order valence-electron chi connectivity index (χ4n) is 1.12. The van der Waals surface area contributed by atoms with Crippen molar-refractivity contribution in [3.8, 4) is 0 Å². The number of benzene rings is 1. The highest BCUT2D eigenvalue weighted by molar-refractivity contribution is 5.54. The van der Waals surface area contributed by atoms with Crippen LogP contribution in [-0.4, -0.2) is 6.72 Å². The molecule has 0 N–H and O–H groups in total. The Labute approximate surface area is 67.8 Å². The van der Waals surface area contributed by atoms with Gasteiger partial charge in [-0.1, -0.05) is 6.07 Å². The van der Waals surface area contributed by atoms with Gasteiger partial charge < -0.3 is 0 Å². The summed E-state index contributed by atoms with van der Waals surface area (Å²) in [6.07, 6.45) is 0. The number of hydrogen-bond donors (Lipinski definition) is 0. The molecule has 0 fully saturated rings. The van der Waals surface area contributed by atoms with Crippen LogP contribution in [0.2, 0.25) is 0 Å². The Morgan fingerprint density at radius 1 is 1.00 bits per heavy atom. The van der Waals surface area contributed by atoms with Gasteiger partial charge in [0.25, 0.3) is 0 Å². The molecule has 11 heavy (non-hydrogen) atoms. The van der Waals surface area contributed by atoms with Gasteiger partial charge in [-0.3, -0.25) is 4.99 Å². The zero-order valence-corrected chi connectivity index (χ0v) is 7.31. The lowest BCUT2D eigenvalue weighted by atomic mass is 10.1. The third kappa shape index (κ3) is 1.48. The maximum absolute atomic E-state index is 3.92. The number of aliphatic imine (C=N–C) groups is 1. The number of nitrogens with zero attached hydrogens (tertiary/aromatic N) is 1. The lowest BCUT2D eigenvalue weighted by Crippen LogP contribution is -1.82. The van der Waals surface area contributed by atoms with E-state index in [1.165, 1.54) is 16.7 Å². The van der Waals surface area contributed by atoms with Gasteiger partial charge in [0, 0.05) is 0 Å². The molecule has 1 aromatic carbocycles. The highest BCUT2D eigenvalue weighted by Crippen LogP contribution is 2.21. The highest BCUT2D eigenvalue weighted by atomic mass is 14.7. The van der Waals surface area contributed by atoms with Crippen molar-refractivity contribution >= 4 is 12.4 Å². The molecule has 0 saturated carbocycles. The number of aryl methyl sites for hydroxylation is 3. The average Bonchev–Trinajstić information content (AvgIpc) is 1.97. The Bertz CT molecular complexity index is 287. The van der Waals surface area contributed by atoms with E-state index in [4.69, 9.17) is 0 Å². The van der Waals surface area contributed by atoms with Crippen molar-refractivity contribution in [2.24, 2.45) is 4.99 Å². The minimum atomic E-state index is 0.994. The fraction of sp³-hybridized carbons (Fsp3) is 0.300. The van der Waals surface area contributed by atoms with E-state index in [2.05, 4.69) is 44.6 Å². The average molecular weight is 147 g/mol. The molecule has 0 saturated heterocycles. The molecule has 0 spiro atoms. The molecule has 0 aliphatic rings. The van der Waals surface area contributed by atoms with E-state index >= 15 is 0 Å². The van der Waals surface area contributed by atoms with Crippen LogP contribution in [-0.2, 0) is 0 Å². The Morgan fingerprint density at radius 2 is 1.55 bits per heavy atom. The number of rotatable bonds is 1. The monoisotopic (exact) mass is 147 g/mol. The second-order valence-corrected chi connectivity index (χ2v) is 2.88. The molecule has 0 unspecified atom stereocenters. The van der Waals surface area contributed by atoms with E-state index in [9.17, 15) is 0 Å². The van der Waals surface area contributed by atoms with Crippen molar-refractivity contribution in [3.05, 3.63) is 28.8 Å². The van der Waals surface area contributed by atoms with Gasteiger partial charge in [0.2, 0.25) is 0 Å².